The Labute approximate surface area is 141 Å². The van der Waals surface area contributed by atoms with E-state index in [9.17, 15) is 0 Å². The van der Waals surface area contributed by atoms with Crippen molar-refractivity contribution < 1.29 is 0 Å². The van der Waals surface area contributed by atoms with Gasteiger partial charge in [0.25, 0.3) is 0 Å². The third-order valence-electron chi connectivity index (χ3n) is 6.17. The Balaban J connectivity index is 2.60. The van der Waals surface area contributed by atoms with Gasteiger partial charge in [0.15, 0.2) is 0 Å². The molecule has 0 saturated carbocycles. The molecular weight excluding hydrogens is 266 g/mol. The molecule has 0 aromatic heterocycles. The second-order valence-corrected chi connectivity index (χ2v) is 8.76. The average Bonchev–Trinajstić information content (AvgIpc) is 2.44. The zero-order chi connectivity index (χ0) is 16.6. The lowest BCUT2D eigenvalue weighted by Crippen LogP contribution is -2.62. The normalized spacial score (nSPS) is 24.5. The van der Waals surface area contributed by atoms with Crippen LogP contribution in [-0.2, 0) is 0 Å². The van der Waals surface area contributed by atoms with E-state index in [1.807, 2.05) is 0 Å². The lowest BCUT2D eigenvalue weighted by Gasteiger charge is -2.57. The number of piperidine rings is 1. The van der Waals surface area contributed by atoms with Crippen LogP contribution in [0.4, 0.5) is 0 Å². The van der Waals surface area contributed by atoms with Crippen molar-refractivity contribution in [2.24, 2.45) is 5.92 Å². The molecule has 1 atom stereocenters. The number of nitrogens with zero attached hydrogens (tertiary/aromatic N) is 1. The van der Waals surface area contributed by atoms with Crippen LogP contribution in [0.25, 0.3) is 0 Å². The lowest BCUT2D eigenvalue weighted by molar-refractivity contribution is -0.0685. The van der Waals surface area contributed by atoms with E-state index in [-0.39, 0.29) is 0 Å². The predicted octanol–water partition coefficient (Wildman–Crippen LogP) is 6.81. The zero-order valence-electron chi connectivity index (χ0n) is 16.5. The summed E-state index contributed by atoms with van der Waals surface area (Å²) in [6, 6.07) is 0. The lowest BCUT2D eigenvalue weighted by atomic mass is 9.70. The van der Waals surface area contributed by atoms with Crippen molar-refractivity contribution in [1.82, 2.24) is 4.90 Å². The van der Waals surface area contributed by atoms with Crippen molar-refractivity contribution in [2.75, 3.05) is 6.54 Å². The van der Waals surface area contributed by atoms with Crippen LogP contribution in [-0.4, -0.2) is 22.5 Å². The highest BCUT2D eigenvalue weighted by atomic mass is 15.3. The van der Waals surface area contributed by atoms with Gasteiger partial charge in [0.2, 0.25) is 0 Å². The summed E-state index contributed by atoms with van der Waals surface area (Å²) in [6.45, 7) is 15.9. The summed E-state index contributed by atoms with van der Waals surface area (Å²) in [7, 11) is 0. The molecular formula is C21H43N. The third kappa shape index (κ3) is 5.55. The maximum absolute atomic E-state index is 2.86. The van der Waals surface area contributed by atoms with Gasteiger partial charge >= 0.3 is 0 Å². The fourth-order valence-corrected chi connectivity index (χ4v) is 4.62. The van der Waals surface area contributed by atoms with Crippen molar-refractivity contribution in [3.8, 4) is 0 Å². The number of unbranched alkanes of at least 4 members (excludes halogenated alkanes) is 6. The van der Waals surface area contributed by atoms with E-state index in [4.69, 9.17) is 0 Å². The van der Waals surface area contributed by atoms with Gasteiger partial charge in [0.1, 0.15) is 0 Å². The summed E-state index contributed by atoms with van der Waals surface area (Å²) in [6.07, 6.45) is 15.4. The van der Waals surface area contributed by atoms with Crippen molar-refractivity contribution in [1.29, 1.82) is 0 Å². The molecule has 0 N–H and O–H groups in total. The van der Waals surface area contributed by atoms with E-state index in [1.165, 1.54) is 77.2 Å². The number of hydrogen-bond acceptors (Lipinski definition) is 1. The molecule has 0 radical (unpaired) electrons. The minimum absolute atomic E-state index is 0.375. The Hall–Kier alpha value is -0.0400. The van der Waals surface area contributed by atoms with E-state index in [2.05, 4.69) is 46.4 Å². The van der Waals surface area contributed by atoms with Crippen molar-refractivity contribution in [3.63, 3.8) is 0 Å². The van der Waals surface area contributed by atoms with Gasteiger partial charge in [-0.2, -0.15) is 0 Å². The maximum Gasteiger partial charge on any atom is 0.0186 e. The summed E-state index contributed by atoms with van der Waals surface area (Å²) in [5, 5.41) is 0. The number of rotatable bonds is 10. The molecule has 1 saturated heterocycles. The summed E-state index contributed by atoms with van der Waals surface area (Å²) in [5.74, 6) is 0.892. The van der Waals surface area contributed by atoms with Crippen LogP contribution in [0, 0.1) is 5.92 Å². The highest BCUT2D eigenvalue weighted by Gasteiger charge is 2.45. The first-order chi connectivity index (χ1) is 10.4. The van der Waals surface area contributed by atoms with Gasteiger partial charge in [-0.05, 0) is 65.8 Å². The predicted molar refractivity (Wildman–Crippen MR) is 100 cm³/mol. The number of hydrogen-bond donors (Lipinski definition) is 0. The van der Waals surface area contributed by atoms with E-state index in [0.29, 0.717) is 11.1 Å². The van der Waals surface area contributed by atoms with Crippen LogP contribution >= 0.6 is 0 Å². The molecule has 0 amide bonds. The Morgan fingerprint density at radius 3 is 2.00 bits per heavy atom. The molecule has 1 heterocycles. The first-order valence-electron chi connectivity index (χ1n) is 10.1. The Kier molecular flexibility index (Phi) is 8.46. The molecule has 1 aliphatic heterocycles. The topological polar surface area (TPSA) is 3.24 Å². The molecule has 1 nitrogen and oxygen atoms in total. The Bertz CT molecular complexity index is 292. The minimum atomic E-state index is 0.375. The molecule has 1 unspecified atom stereocenters. The monoisotopic (exact) mass is 309 g/mol. The van der Waals surface area contributed by atoms with Gasteiger partial charge in [-0.1, -0.05) is 58.8 Å². The van der Waals surface area contributed by atoms with Gasteiger partial charge in [0.05, 0.1) is 0 Å². The fourth-order valence-electron chi connectivity index (χ4n) is 4.62. The average molecular weight is 310 g/mol. The molecule has 1 heteroatoms. The van der Waals surface area contributed by atoms with Crippen molar-refractivity contribution in [2.45, 2.75) is 123 Å². The summed E-state index contributed by atoms with van der Waals surface area (Å²) >= 11 is 0. The van der Waals surface area contributed by atoms with Gasteiger partial charge < -0.3 is 0 Å². The van der Waals surface area contributed by atoms with Gasteiger partial charge in [-0.25, -0.2) is 0 Å². The quantitative estimate of drug-likeness (QED) is 0.401. The van der Waals surface area contributed by atoms with Crippen LogP contribution in [0.3, 0.4) is 0 Å². The van der Waals surface area contributed by atoms with Crippen LogP contribution in [0.5, 0.6) is 0 Å². The SMILES string of the molecule is CCCCCCC1CCC(C)(C)N(CCCCCC)C1(C)C. The van der Waals surface area contributed by atoms with Crippen LogP contribution < -0.4 is 0 Å². The minimum Gasteiger partial charge on any atom is -0.293 e. The molecule has 132 valence electrons. The Morgan fingerprint density at radius 2 is 1.41 bits per heavy atom. The number of likely N-dealkylation sites (tertiary alicyclic amines) is 1. The molecule has 0 bridgehead atoms. The van der Waals surface area contributed by atoms with Crippen molar-refractivity contribution >= 4 is 0 Å². The second-order valence-electron chi connectivity index (χ2n) is 8.76. The van der Waals surface area contributed by atoms with Gasteiger partial charge in [0, 0.05) is 11.1 Å². The molecule has 1 aliphatic rings. The molecule has 0 spiro atoms. The first-order valence-corrected chi connectivity index (χ1v) is 10.1. The van der Waals surface area contributed by atoms with E-state index in [0.717, 1.165) is 5.92 Å². The zero-order valence-corrected chi connectivity index (χ0v) is 16.5. The van der Waals surface area contributed by atoms with Crippen LogP contribution in [0.1, 0.15) is 112 Å². The van der Waals surface area contributed by atoms with Crippen LogP contribution in [0.2, 0.25) is 0 Å². The Morgan fingerprint density at radius 1 is 0.818 bits per heavy atom. The molecule has 0 aromatic carbocycles. The van der Waals surface area contributed by atoms with E-state index in [1.54, 1.807) is 0 Å². The summed E-state index contributed by atoms with van der Waals surface area (Å²) < 4.78 is 0. The fraction of sp³-hybridized carbons (Fsp3) is 1.00. The first kappa shape index (κ1) is 20.0. The largest absolute Gasteiger partial charge is 0.293 e. The molecule has 1 fully saturated rings. The maximum atomic E-state index is 2.86. The molecule has 22 heavy (non-hydrogen) atoms. The third-order valence-corrected chi connectivity index (χ3v) is 6.17. The highest BCUT2D eigenvalue weighted by molar-refractivity contribution is 5.01. The van der Waals surface area contributed by atoms with E-state index < -0.39 is 0 Å². The second kappa shape index (κ2) is 9.30. The summed E-state index contributed by atoms with van der Waals surface area (Å²) in [5.41, 5.74) is 0.760. The molecule has 1 rings (SSSR count). The van der Waals surface area contributed by atoms with Gasteiger partial charge in [-0.15, -0.1) is 0 Å². The van der Waals surface area contributed by atoms with E-state index >= 15 is 0 Å². The highest BCUT2D eigenvalue weighted by Crippen LogP contribution is 2.44. The summed E-state index contributed by atoms with van der Waals surface area (Å²) in [4.78, 5) is 2.86. The standard InChI is InChI=1S/C21H43N/c1-7-9-11-13-15-19-16-17-20(3,4)22(21(19,5)6)18-14-12-10-8-2/h19H,7-18H2,1-6H3. The molecule has 0 aliphatic carbocycles. The van der Waals surface area contributed by atoms with Crippen LogP contribution in [0.15, 0.2) is 0 Å². The smallest absolute Gasteiger partial charge is 0.0186 e. The van der Waals surface area contributed by atoms with Crippen molar-refractivity contribution in [3.05, 3.63) is 0 Å². The van der Waals surface area contributed by atoms with Gasteiger partial charge in [-0.3, -0.25) is 4.90 Å². The molecule has 0 aromatic rings.